The van der Waals surface area contributed by atoms with E-state index in [0.717, 1.165) is 0 Å². The van der Waals surface area contributed by atoms with Crippen LogP contribution < -0.4 is 4.74 Å². The van der Waals surface area contributed by atoms with Gasteiger partial charge in [0.05, 0.1) is 13.0 Å². The maximum Gasteiger partial charge on any atom is 0.228 e. The molecule has 0 bridgehead atoms. The Kier molecular flexibility index (Phi) is 4.95. The molecule has 19 heavy (non-hydrogen) atoms. The van der Waals surface area contributed by atoms with E-state index in [9.17, 15) is 9.90 Å². The predicted octanol–water partition coefficient (Wildman–Crippen LogP) is 2.02. The molecule has 0 fully saturated rings. The second-order valence-corrected chi connectivity index (χ2v) is 4.96. The Balaban J connectivity index is 3.18. The standard InChI is InChI=1S/C15H23NO3/c1-6-15(18,11(2)14(17)16(3)4)12-8-7-9-13(10-12)19-5/h7-11,18H,6H2,1-5H3/t11-,15-/m1/s1. The molecule has 0 heterocycles. The summed E-state index contributed by atoms with van der Waals surface area (Å²) in [5, 5.41) is 10.9. The van der Waals surface area contributed by atoms with Crippen LogP contribution in [0.5, 0.6) is 5.75 Å². The summed E-state index contributed by atoms with van der Waals surface area (Å²) in [6, 6.07) is 7.24. The van der Waals surface area contributed by atoms with Gasteiger partial charge in [-0.2, -0.15) is 0 Å². The second kappa shape index (κ2) is 6.06. The normalized spacial score (nSPS) is 15.5. The Morgan fingerprint density at radius 1 is 1.47 bits per heavy atom. The molecule has 0 aliphatic carbocycles. The van der Waals surface area contributed by atoms with Gasteiger partial charge >= 0.3 is 0 Å². The van der Waals surface area contributed by atoms with Crippen molar-refractivity contribution in [3.63, 3.8) is 0 Å². The van der Waals surface area contributed by atoms with Crippen LogP contribution in [0.3, 0.4) is 0 Å². The van der Waals surface area contributed by atoms with E-state index in [1.807, 2.05) is 25.1 Å². The van der Waals surface area contributed by atoms with Crippen molar-refractivity contribution >= 4 is 5.91 Å². The summed E-state index contributed by atoms with van der Waals surface area (Å²) in [4.78, 5) is 13.6. The van der Waals surface area contributed by atoms with E-state index in [-0.39, 0.29) is 5.91 Å². The summed E-state index contributed by atoms with van der Waals surface area (Å²) < 4.78 is 5.18. The van der Waals surface area contributed by atoms with Crippen molar-refractivity contribution < 1.29 is 14.6 Å². The summed E-state index contributed by atoms with van der Waals surface area (Å²) >= 11 is 0. The van der Waals surface area contributed by atoms with Gasteiger partial charge in [-0.05, 0) is 24.1 Å². The van der Waals surface area contributed by atoms with Gasteiger partial charge < -0.3 is 14.7 Å². The minimum absolute atomic E-state index is 0.0906. The molecular formula is C15H23NO3. The van der Waals surface area contributed by atoms with Crippen molar-refractivity contribution in [1.82, 2.24) is 4.90 Å². The predicted molar refractivity (Wildman–Crippen MR) is 75.0 cm³/mol. The summed E-state index contributed by atoms with van der Waals surface area (Å²) in [6.45, 7) is 3.63. The number of hydrogen-bond donors (Lipinski definition) is 1. The van der Waals surface area contributed by atoms with Gasteiger partial charge in [-0.1, -0.05) is 26.0 Å². The summed E-state index contributed by atoms with van der Waals surface area (Å²) in [5.41, 5.74) is -0.479. The third-order valence-corrected chi connectivity index (χ3v) is 3.64. The van der Waals surface area contributed by atoms with Crippen molar-refractivity contribution in [2.75, 3.05) is 21.2 Å². The molecule has 0 saturated carbocycles. The molecule has 2 atom stereocenters. The van der Waals surface area contributed by atoms with Gasteiger partial charge in [-0.15, -0.1) is 0 Å². The molecule has 0 aliphatic heterocycles. The highest BCUT2D eigenvalue weighted by Crippen LogP contribution is 2.35. The minimum atomic E-state index is -1.18. The van der Waals surface area contributed by atoms with Gasteiger partial charge in [0.15, 0.2) is 0 Å². The Labute approximate surface area is 115 Å². The lowest BCUT2D eigenvalue weighted by molar-refractivity contribution is -0.143. The molecule has 1 rings (SSSR count). The molecular weight excluding hydrogens is 242 g/mol. The van der Waals surface area contributed by atoms with Crippen LogP contribution in [0.15, 0.2) is 24.3 Å². The van der Waals surface area contributed by atoms with Crippen LogP contribution in [-0.2, 0) is 10.4 Å². The van der Waals surface area contributed by atoms with Crippen LogP contribution in [0.2, 0.25) is 0 Å². The van der Waals surface area contributed by atoms with E-state index >= 15 is 0 Å². The average Bonchev–Trinajstić information content (AvgIpc) is 2.44. The van der Waals surface area contributed by atoms with E-state index in [1.165, 1.54) is 4.90 Å². The maximum atomic E-state index is 12.1. The molecule has 4 nitrogen and oxygen atoms in total. The molecule has 0 aliphatic rings. The number of hydrogen-bond acceptors (Lipinski definition) is 3. The molecule has 106 valence electrons. The Bertz CT molecular complexity index is 445. The number of methoxy groups -OCH3 is 1. The van der Waals surface area contributed by atoms with Gasteiger partial charge in [0, 0.05) is 14.1 Å². The molecule has 0 saturated heterocycles. The van der Waals surface area contributed by atoms with Gasteiger partial charge in [-0.3, -0.25) is 4.79 Å². The highest BCUT2D eigenvalue weighted by atomic mass is 16.5. The zero-order valence-electron chi connectivity index (χ0n) is 12.3. The molecule has 4 heteroatoms. The maximum absolute atomic E-state index is 12.1. The van der Waals surface area contributed by atoms with Crippen LogP contribution in [-0.4, -0.2) is 37.1 Å². The first-order valence-corrected chi connectivity index (χ1v) is 6.44. The smallest absolute Gasteiger partial charge is 0.228 e. The molecule has 1 N–H and O–H groups in total. The van der Waals surface area contributed by atoms with E-state index in [1.54, 1.807) is 34.2 Å². The molecule has 0 unspecified atom stereocenters. The highest BCUT2D eigenvalue weighted by molar-refractivity contribution is 5.79. The van der Waals surface area contributed by atoms with E-state index in [4.69, 9.17) is 4.74 Å². The van der Waals surface area contributed by atoms with Gasteiger partial charge in [-0.25, -0.2) is 0 Å². The molecule has 0 radical (unpaired) electrons. The van der Waals surface area contributed by atoms with Crippen molar-refractivity contribution in [3.8, 4) is 5.75 Å². The van der Waals surface area contributed by atoms with Crippen LogP contribution in [0.25, 0.3) is 0 Å². The van der Waals surface area contributed by atoms with Crippen LogP contribution in [0.1, 0.15) is 25.8 Å². The number of carbonyl (C=O) groups excluding carboxylic acids is 1. The number of nitrogens with zero attached hydrogens (tertiary/aromatic N) is 1. The summed E-state index contributed by atoms with van der Waals surface area (Å²) in [5.74, 6) is 0.0700. The third-order valence-electron chi connectivity index (χ3n) is 3.64. The highest BCUT2D eigenvalue weighted by Gasteiger charge is 2.39. The third kappa shape index (κ3) is 3.07. The summed E-state index contributed by atoms with van der Waals surface area (Å²) in [7, 11) is 4.97. The summed E-state index contributed by atoms with van der Waals surface area (Å²) in [6.07, 6.45) is 0.459. The molecule has 1 aromatic carbocycles. The van der Waals surface area contributed by atoms with Crippen molar-refractivity contribution in [2.45, 2.75) is 25.9 Å². The quantitative estimate of drug-likeness (QED) is 0.886. The molecule has 0 aromatic heterocycles. The van der Waals surface area contributed by atoms with Gasteiger partial charge in [0.2, 0.25) is 5.91 Å². The van der Waals surface area contributed by atoms with Gasteiger partial charge in [0.25, 0.3) is 0 Å². The average molecular weight is 265 g/mol. The number of benzene rings is 1. The van der Waals surface area contributed by atoms with Crippen molar-refractivity contribution in [3.05, 3.63) is 29.8 Å². The van der Waals surface area contributed by atoms with Crippen LogP contribution >= 0.6 is 0 Å². The fourth-order valence-corrected chi connectivity index (χ4v) is 2.24. The Morgan fingerprint density at radius 3 is 2.58 bits per heavy atom. The first kappa shape index (κ1) is 15.5. The SMILES string of the molecule is CC[C@](O)(c1cccc(OC)c1)[C@H](C)C(=O)N(C)C. The topological polar surface area (TPSA) is 49.8 Å². The molecule has 0 spiro atoms. The van der Waals surface area contributed by atoms with Gasteiger partial charge in [0.1, 0.15) is 11.4 Å². The zero-order chi connectivity index (χ0) is 14.6. The lowest BCUT2D eigenvalue weighted by Crippen LogP contribution is -2.42. The fourth-order valence-electron chi connectivity index (χ4n) is 2.24. The molecule has 1 aromatic rings. The Morgan fingerprint density at radius 2 is 2.11 bits per heavy atom. The van der Waals surface area contributed by atoms with Crippen molar-refractivity contribution in [2.24, 2.45) is 5.92 Å². The zero-order valence-corrected chi connectivity index (χ0v) is 12.3. The number of amides is 1. The number of ether oxygens (including phenoxy) is 1. The number of rotatable bonds is 5. The first-order valence-electron chi connectivity index (χ1n) is 6.44. The minimum Gasteiger partial charge on any atom is -0.497 e. The molecule has 1 amide bonds. The Hall–Kier alpha value is -1.55. The lowest BCUT2D eigenvalue weighted by Gasteiger charge is -2.34. The van der Waals surface area contributed by atoms with E-state index in [0.29, 0.717) is 17.7 Å². The number of aliphatic hydroxyl groups is 1. The lowest BCUT2D eigenvalue weighted by atomic mass is 9.79. The monoisotopic (exact) mass is 265 g/mol. The number of carbonyl (C=O) groups is 1. The fraction of sp³-hybridized carbons (Fsp3) is 0.533. The van der Waals surface area contributed by atoms with Crippen LogP contribution in [0, 0.1) is 5.92 Å². The van der Waals surface area contributed by atoms with Crippen LogP contribution in [0.4, 0.5) is 0 Å². The van der Waals surface area contributed by atoms with E-state index in [2.05, 4.69) is 0 Å². The first-order chi connectivity index (χ1) is 8.86. The largest absolute Gasteiger partial charge is 0.497 e. The van der Waals surface area contributed by atoms with Crippen molar-refractivity contribution in [1.29, 1.82) is 0 Å². The van der Waals surface area contributed by atoms with E-state index < -0.39 is 11.5 Å². The second-order valence-electron chi connectivity index (χ2n) is 4.96.